The summed E-state index contributed by atoms with van der Waals surface area (Å²) in [5.74, 6) is -2.13. The van der Waals surface area contributed by atoms with E-state index in [9.17, 15) is 19.1 Å². The number of para-hydroxylation sites is 1. The fraction of sp³-hybridized carbons (Fsp3) is 0.389. The number of carboxylic acid groups (broad SMARTS) is 1. The van der Waals surface area contributed by atoms with Crippen molar-refractivity contribution in [1.29, 1.82) is 0 Å². The minimum absolute atomic E-state index is 0.0423. The molecule has 2 heterocycles. The lowest BCUT2D eigenvalue weighted by atomic mass is 9.93. The van der Waals surface area contributed by atoms with Crippen molar-refractivity contribution in [3.63, 3.8) is 0 Å². The van der Waals surface area contributed by atoms with Crippen LogP contribution in [0.1, 0.15) is 35.8 Å². The fourth-order valence-electron chi connectivity index (χ4n) is 3.23. The molecule has 0 radical (unpaired) electrons. The summed E-state index contributed by atoms with van der Waals surface area (Å²) in [6.07, 6.45) is 2.62. The molecule has 1 aromatic carbocycles. The normalized spacial score (nSPS) is 20.5. The summed E-state index contributed by atoms with van der Waals surface area (Å²) in [5, 5.41) is 13.4. The molecule has 0 saturated carbocycles. The molecular weight excluding hydrogens is 325 g/mol. The molecule has 7 heteroatoms. The maximum Gasteiger partial charge on any atom is 0.308 e. The number of likely N-dealkylation sites (tertiary alicyclic amines) is 1. The second-order valence-corrected chi connectivity index (χ2v) is 6.43. The van der Waals surface area contributed by atoms with E-state index in [0.29, 0.717) is 24.1 Å². The van der Waals surface area contributed by atoms with E-state index in [4.69, 9.17) is 0 Å². The monoisotopic (exact) mass is 345 g/mol. The molecule has 3 rings (SSSR count). The van der Waals surface area contributed by atoms with Crippen LogP contribution < -0.4 is 0 Å². The average molecular weight is 345 g/mol. The summed E-state index contributed by atoms with van der Waals surface area (Å²) in [7, 11) is 0. The van der Waals surface area contributed by atoms with Crippen LogP contribution in [-0.4, -0.2) is 44.3 Å². The van der Waals surface area contributed by atoms with Crippen molar-refractivity contribution >= 4 is 11.9 Å². The molecule has 1 aliphatic heterocycles. The van der Waals surface area contributed by atoms with Crippen molar-refractivity contribution in [3.05, 3.63) is 47.5 Å². The van der Waals surface area contributed by atoms with Crippen molar-refractivity contribution < 1.29 is 19.1 Å². The molecule has 0 aliphatic carbocycles. The molecule has 1 amide bonds. The average Bonchev–Trinajstić information content (AvgIpc) is 2.96. The maximum atomic E-state index is 14.0. The van der Waals surface area contributed by atoms with Gasteiger partial charge in [0.25, 0.3) is 5.91 Å². The van der Waals surface area contributed by atoms with Crippen molar-refractivity contribution in [1.82, 2.24) is 14.7 Å². The Bertz CT molecular complexity index is 818. The lowest BCUT2D eigenvalue weighted by Crippen LogP contribution is -2.47. The van der Waals surface area contributed by atoms with Gasteiger partial charge in [-0.2, -0.15) is 5.10 Å². The Kier molecular flexibility index (Phi) is 4.57. The van der Waals surface area contributed by atoms with E-state index < -0.39 is 17.7 Å². The smallest absolute Gasteiger partial charge is 0.308 e. The molecule has 1 N–H and O–H groups in total. The number of aliphatic carboxylic acids is 1. The van der Waals surface area contributed by atoms with Gasteiger partial charge < -0.3 is 10.0 Å². The first-order chi connectivity index (χ1) is 11.9. The van der Waals surface area contributed by atoms with Crippen LogP contribution in [0.2, 0.25) is 0 Å². The van der Waals surface area contributed by atoms with Gasteiger partial charge in [0.05, 0.1) is 23.4 Å². The van der Waals surface area contributed by atoms with Crippen LogP contribution in [0, 0.1) is 18.7 Å². The number of carboxylic acids is 1. The van der Waals surface area contributed by atoms with E-state index in [1.54, 1.807) is 30.0 Å². The highest BCUT2D eigenvalue weighted by Gasteiger charge is 2.34. The highest BCUT2D eigenvalue weighted by atomic mass is 19.1. The summed E-state index contributed by atoms with van der Waals surface area (Å²) >= 11 is 0. The zero-order valence-electron chi connectivity index (χ0n) is 14.1. The van der Waals surface area contributed by atoms with Gasteiger partial charge in [-0.15, -0.1) is 0 Å². The van der Waals surface area contributed by atoms with Crippen LogP contribution in [0.15, 0.2) is 30.5 Å². The standard InChI is InChI=1S/C18H20FN3O3/c1-11-7-8-13(18(24)25)10-21(11)17(23)14-9-20-22(12(14)2)16-6-4-3-5-15(16)19/h3-6,9,11,13H,7-8,10H2,1-2H3,(H,24,25). The highest BCUT2D eigenvalue weighted by Crippen LogP contribution is 2.25. The topological polar surface area (TPSA) is 75.4 Å². The first-order valence-corrected chi connectivity index (χ1v) is 8.23. The van der Waals surface area contributed by atoms with Gasteiger partial charge in [-0.3, -0.25) is 9.59 Å². The zero-order valence-corrected chi connectivity index (χ0v) is 14.1. The fourth-order valence-corrected chi connectivity index (χ4v) is 3.23. The molecule has 1 aromatic heterocycles. The van der Waals surface area contributed by atoms with E-state index in [1.807, 2.05) is 6.92 Å². The Hall–Kier alpha value is -2.70. The van der Waals surface area contributed by atoms with Crippen LogP contribution in [0.25, 0.3) is 5.69 Å². The maximum absolute atomic E-state index is 14.0. The van der Waals surface area contributed by atoms with Gasteiger partial charge in [0, 0.05) is 12.6 Å². The zero-order chi connectivity index (χ0) is 18.1. The van der Waals surface area contributed by atoms with Gasteiger partial charge in [0.2, 0.25) is 0 Å². The number of amides is 1. The van der Waals surface area contributed by atoms with E-state index >= 15 is 0 Å². The molecular formula is C18H20FN3O3. The molecule has 132 valence electrons. The minimum Gasteiger partial charge on any atom is -0.481 e. The minimum atomic E-state index is -0.886. The third-order valence-corrected chi connectivity index (χ3v) is 4.81. The first-order valence-electron chi connectivity index (χ1n) is 8.23. The van der Waals surface area contributed by atoms with Crippen molar-refractivity contribution in [2.24, 2.45) is 5.92 Å². The third-order valence-electron chi connectivity index (χ3n) is 4.81. The van der Waals surface area contributed by atoms with Gasteiger partial charge in [0.1, 0.15) is 11.5 Å². The van der Waals surface area contributed by atoms with Gasteiger partial charge >= 0.3 is 5.97 Å². The predicted molar refractivity (Wildman–Crippen MR) is 89.1 cm³/mol. The van der Waals surface area contributed by atoms with Gasteiger partial charge in [-0.1, -0.05) is 12.1 Å². The molecule has 2 unspecified atom stereocenters. The number of carbonyl (C=O) groups is 2. The van der Waals surface area contributed by atoms with Crippen LogP contribution in [0.5, 0.6) is 0 Å². The molecule has 2 atom stereocenters. The predicted octanol–water partition coefficient (Wildman–Crippen LogP) is 2.65. The van der Waals surface area contributed by atoms with Crippen molar-refractivity contribution in [3.8, 4) is 5.69 Å². The highest BCUT2D eigenvalue weighted by molar-refractivity contribution is 5.95. The molecule has 25 heavy (non-hydrogen) atoms. The molecule has 1 saturated heterocycles. The van der Waals surface area contributed by atoms with Gasteiger partial charge in [0.15, 0.2) is 0 Å². The van der Waals surface area contributed by atoms with E-state index in [1.165, 1.54) is 16.9 Å². The molecule has 0 spiro atoms. The van der Waals surface area contributed by atoms with Gasteiger partial charge in [-0.25, -0.2) is 9.07 Å². The lowest BCUT2D eigenvalue weighted by Gasteiger charge is -2.36. The second kappa shape index (κ2) is 6.66. The number of nitrogens with zero attached hydrogens (tertiary/aromatic N) is 3. The summed E-state index contributed by atoms with van der Waals surface area (Å²) in [6.45, 7) is 3.79. The first kappa shape index (κ1) is 17.1. The Balaban J connectivity index is 1.91. The van der Waals surface area contributed by atoms with E-state index in [-0.39, 0.29) is 24.2 Å². The molecule has 1 fully saturated rings. The van der Waals surface area contributed by atoms with Crippen LogP contribution >= 0.6 is 0 Å². The van der Waals surface area contributed by atoms with Crippen molar-refractivity contribution in [2.45, 2.75) is 32.7 Å². The molecule has 6 nitrogen and oxygen atoms in total. The van der Waals surface area contributed by atoms with Crippen LogP contribution in [-0.2, 0) is 4.79 Å². The number of aromatic nitrogens is 2. The summed E-state index contributed by atoms with van der Waals surface area (Å²) in [4.78, 5) is 25.8. The number of hydrogen-bond donors (Lipinski definition) is 1. The molecule has 1 aliphatic rings. The Morgan fingerprint density at radius 3 is 2.68 bits per heavy atom. The number of carbonyl (C=O) groups excluding carboxylic acids is 1. The van der Waals surface area contributed by atoms with Gasteiger partial charge in [-0.05, 0) is 38.8 Å². The molecule has 0 bridgehead atoms. The summed E-state index contributed by atoms with van der Waals surface area (Å²) < 4.78 is 15.4. The largest absolute Gasteiger partial charge is 0.481 e. The third kappa shape index (κ3) is 3.14. The summed E-state index contributed by atoms with van der Waals surface area (Å²) in [5.41, 5.74) is 1.16. The van der Waals surface area contributed by atoms with Crippen LogP contribution in [0.3, 0.4) is 0 Å². The second-order valence-electron chi connectivity index (χ2n) is 6.43. The number of hydrogen-bond acceptors (Lipinski definition) is 3. The summed E-state index contributed by atoms with van der Waals surface area (Å²) in [6, 6.07) is 6.17. The van der Waals surface area contributed by atoms with Crippen LogP contribution in [0.4, 0.5) is 4.39 Å². The Labute approximate surface area is 144 Å². The van der Waals surface area contributed by atoms with Crippen molar-refractivity contribution in [2.75, 3.05) is 6.54 Å². The number of piperidine rings is 1. The number of rotatable bonds is 3. The van der Waals surface area contributed by atoms with E-state index in [2.05, 4.69) is 5.10 Å². The number of halogens is 1. The van der Waals surface area contributed by atoms with E-state index in [0.717, 1.165) is 0 Å². The quantitative estimate of drug-likeness (QED) is 0.928. The lowest BCUT2D eigenvalue weighted by molar-refractivity contribution is -0.143. The Morgan fingerprint density at radius 2 is 2.00 bits per heavy atom. The Morgan fingerprint density at radius 1 is 1.28 bits per heavy atom. The number of benzene rings is 1. The SMILES string of the molecule is Cc1c(C(=O)N2CC(C(=O)O)CCC2C)cnn1-c1ccccc1F. The molecule has 2 aromatic rings.